The highest BCUT2D eigenvalue weighted by Crippen LogP contribution is 2.28. The van der Waals surface area contributed by atoms with Crippen molar-refractivity contribution in [1.82, 2.24) is 0 Å². The van der Waals surface area contributed by atoms with E-state index in [1.165, 1.54) is 6.07 Å². The van der Waals surface area contributed by atoms with Crippen LogP contribution in [-0.4, -0.2) is 27.7 Å². The molecule has 1 aromatic carbocycles. The van der Waals surface area contributed by atoms with E-state index in [1.54, 1.807) is 13.0 Å². The van der Waals surface area contributed by atoms with Gasteiger partial charge in [0, 0.05) is 23.9 Å². The molecule has 0 saturated carbocycles. The van der Waals surface area contributed by atoms with Crippen molar-refractivity contribution in [3.05, 3.63) is 17.7 Å². The Morgan fingerprint density at radius 3 is 2.75 bits per heavy atom. The van der Waals surface area contributed by atoms with Crippen molar-refractivity contribution >= 4 is 15.7 Å². The van der Waals surface area contributed by atoms with Crippen LogP contribution in [0.15, 0.2) is 17.0 Å². The van der Waals surface area contributed by atoms with Gasteiger partial charge in [0.25, 0.3) is 0 Å². The maximum atomic E-state index is 11.5. The van der Waals surface area contributed by atoms with Crippen LogP contribution in [0.5, 0.6) is 5.75 Å². The summed E-state index contributed by atoms with van der Waals surface area (Å²) in [5.41, 5.74) is 6.48. The Balaban J connectivity index is 2.17. The summed E-state index contributed by atoms with van der Waals surface area (Å²) in [4.78, 5) is -0.00272. The van der Waals surface area contributed by atoms with Crippen molar-refractivity contribution in [2.75, 3.05) is 18.9 Å². The third-order valence-electron chi connectivity index (χ3n) is 3.34. The molecule has 7 heteroatoms. The summed E-state index contributed by atoms with van der Waals surface area (Å²) in [5.74, 6) is 0.434. The molecule has 1 aliphatic heterocycles. The van der Waals surface area contributed by atoms with Crippen LogP contribution in [0.3, 0.4) is 0 Å². The van der Waals surface area contributed by atoms with Crippen LogP contribution in [0.25, 0.3) is 0 Å². The fraction of sp³-hybridized carbons (Fsp3) is 0.538. The minimum Gasteiger partial charge on any atom is -0.490 e. The fourth-order valence-corrected chi connectivity index (χ4v) is 3.08. The smallest absolute Gasteiger partial charge is 0.238 e. The predicted octanol–water partition coefficient (Wildman–Crippen LogP) is 1.17. The number of primary sulfonamides is 1. The van der Waals surface area contributed by atoms with Crippen molar-refractivity contribution in [3.63, 3.8) is 0 Å². The highest BCUT2D eigenvalue weighted by Gasteiger charge is 2.19. The minimum atomic E-state index is -3.81. The van der Waals surface area contributed by atoms with Gasteiger partial charge in [-0.05, 0) is 32.3 Å². The number of anilines is 1. The highest BCUT2D eigenvalue weighted by atomic mass is 32.2. The highest BCUT2D eigenvalue weighted by molar-refractivity contribution is 7.89. The lowest BCUT2D eigenvalue weighted by atomic mass is 10.1. The van der Waals surface area contributed by atoms with Crippen LogP contribution in [0, 0.1) is 6.92 Å². The zero-order chi connectivity index (χ0) is 14.8. The molecular formula is C13H20N2O4S. The second kappa shape index (κ2) is 5.99. The Morgan fingerprint density at radius 2 is 2.15 bits per heavy atom. The topological polar surface area (TPSA) is 105 Å². The monoisotopic (exact) mass is 300 g/mol. The van der Waals surface area contributed by atoms with Crippen LogP contribution in [0.1, 0.15) is 24.8 Å². The molecule has 1 aromatic rings. The van der Waals surface area contributed by atoms with E-state index < -0.39 is 10.0 Å². The molecule has 0 radical (unpaired) electrons. The number of ether oxygens (including phenoxy) is 2. The quantitative estimate of drug-likeness (QED) is 0.812. The summed E-state index contributed by atoms with van der Waals surface area (Å²) in [6.45, 7) is 2.77. The van der Waals surface area contributed by atoms with E-state index in [4.69, 9.17) is 20.3 Å². The summed E-state index contributed by atoms with van der Waals surface area (Å²) in [6.07, 6.45) is 3.18. The van der Waals surface area contributed by atoms with Gasteiger partial charge in [-0.3, -0.25) is 0 Å². The van der Waals surface area contributed by atoms with Gasteiger partial charge in [-0.1, -0.05) is 0 Å². The average Bonchev–Trinajstić information content (AvgIpc) is 2.39. The number of nitrogens with two attached hydrogens (primary N) is 2. The number of hydrogen-bond donors (Lipinski definition) is 2. The largest absolute Gasteiger partial charge is 0.490 e. The second-order valence-electron chi connectivity index (χ2n) is 4.99. The van der Waals surface area contributed by atoms with Crippen molar-refractivity contribution in [3.8, 4) is 5.75 Å². The first-order chi connectivity index (χ1) is 9.38. The zero-order valence-electron chi connectivity index (χ0n) is 11.5. The lowest BCUT2D eigenvalue weighted by Gasteiger charge is -2.23. The SMILES string of the molecule is Cc1c(OCC2CCCCO2)cc(N)cc1S(N)(=O)=O. The molecule has 0 aliphatic carbocycles. The molecule has 6 nitrogen and oxygen atoms in total. The number of rotatable bonds is 4. The van der Waals surface area contributed by atoms with Gasteiger partial charge in [0.15, 0.2) is 0 Å². The van der Waals surface area contributed by atoms with E-state index in [9.17, 15) is 8.42 Å². The maximum Gasteiger partial charge on any atom is 0.238 e. The van der Waals surface area contributed by atoms with E-state index >= 15 is 0 Å². The summed E-state index contributed by atoms with van der Waals surface area (Å²) >= 11 is 0. The van der Waals surface area contributed by atoms with Crippen LogP contribution < -0.4 is 15.6 Å². The Kier molecular flexibility index (Phi) is 4.52. The van der Waals surface area contributed by atoms with Crippen LogP contribution >= 0.6 is 0 Å². The Bertz CT molecular complexity index is 580. The summed E-state index contributed by atoms with van der Waals surface area (Å²) in [7, 11) is -3.81. The second-order valence-corrected chi connectivity index (χ2v) is 6.52. The van der Waals surface area contributed by atoms with Crippen molar-refractivity contribution in [2.45, 2.75) is 37.2 Å². The maximum absolute atomic E-state index is 11.5. The van der Waals surface area contributed by atoms with Crippen molar-refractivity contribution < 1.29 is 17.9 Å². The molecular weight excluding hydrogens is 280 g/mol. The number of nitrogen functional groups attached to an aromatic ring is 1. The van der Waals surface area contributed by atoms with Gasteiger partial charge in [0.2, 0.25) is 10.0 Å². The van der Waals surface area contributed by atoms with E-state index in [0.29, 0.717) is 23.6 Å². The molecule has 1 fully saturated rings. The van der Waals surface area contributed by atoms with Gasteiger partial charge >= 0.3 is 0 Å². The van der Waals surface area contributed by atoms with Crippen molar-refractivity contribution in [1.29, 1.82) is 0 Å². The molecule has 4 N–H and O–H groups in total. The number of benzene rings is 1. The Hall–Kier alpha value is -1.31. The standard InChI is InChI=1S/C13H20N2O4S/c1-9-12(19-8-11-4-2-3-5-18-11)6-10(14)7-13(9)20(15,16)17/h6-7,11H,2-5,8,14H2,1H3,(H2,15,16,17). The fourth-order valence-electron chi connectivity index (χ4n) is 2.25. The molecule has 0 spiro atoms. The van der Waals surface area contributed by atoms with E-state index in [0.717, 1.165) is 25.9 Å². The number of hydrogen-bond acceptors (Lipinski definition) is 5. The lowest BCUT2D eigenvalue weighted by molar-refractivity contribution is -0.0112. The average molecular weight is 300 g/mol. The molecule has 112 valence electrons. The Labute approximate surface area is 119 Å². The van der Waals surface area contributed by atoms with Gasteiger partial charge in [-0.15, -0.1) is 0 Å². The third kappa shape index (κ3) is 3.62. The van der Waals surface area contributed by atoms with E-state index in [-0.39, 0.29) is 11.0 Å². The normalized spacial score (nSPS) is 19.8. The first-order valence-corrected chi connectivity index (χ1v) is 8.10. The van der Waals surface area contributed by atoms with Gasteiger partial charge in [0.1, 0.15) is 12.4 Å². The lowest BCUT2D eigenvalue weighted by Crippen LogP contribution is -2.26. The first-order valence-electron chi connectivity index (χ1n) is 6.55. The first kappa shape index (κ1) is 15.1. The van der Waals surface area contributed by atoms with Gasteiger partial charge < -0.3 is 15.2 Å². The van der Waals surface area contributed by atoms with E-state index in [2.05, 4.69) is 0 Å². The summed E-state index contributed by atoms with van der Waals surface area (Å²) in [6, 6.07) is 2.95. The molecule has 1 atom stereocenters. The van der Waals surface area contributed by atoms with Gasteiger partial charge in [-0.2, -0.15) is 0 Å². The molecule has 0 aromatic heterocycles. The molecule has 0 bridgehead atoms. The van der Waals surface area contributed by atoms with E-state index in [1.807, 2.05) is 0 Å². The minimum absolute atomic E-state index is 0.00272. The van der Waals surface area contributed by atoms with Crippen LogP contribution in [0.2, 0.25) is 0 Å². The number of sulfonamides is 1. The van der Waals surface area contributed by atoms with Crippen molar-refractivity contribution in [2.24, 2.45) is 5.14 Å². The zero-order valence-corrected chi connectivity index (χ0v) is 12.3. The molecule has 1 unspecified atom stereocenters. The molecule has 20 heavy (non-hydrogen) atoms. The molecule has 1 aliphatic rings. The summed E-state index contributed by atoms with van der Waals surface area (Å²) in [5, 5.41) is 5.17. The molecule has 0 amide bonds. The predicted molar refractivity (Wildman–Crippen MR) is 76.1 cm³/mol. The van der Waals surface area contributed by atoms with Gasteiger partial charge in [0.05, 0.1) is 11.0 Å². The molecule has 1 saturated heterocycles. The van der Waals surface area contributed by atoms with Crippen LogP contribution in [-0.2, 0) is 14.8 Å². The summed E-state index contributed by atoms with van der Waals surface area (Å²) < 4.78 is 34.2. The van der Waals surface area contributed by atoms with Gasteiger partial charge in [-0.25, -0.2) is 13.6 Å². The third-order valence-corrected chi connectivity index (χ3v) is 4.38. The Morgan fingerprint density at radius 1 is 1.40 bits per heavy atom. The van der Waals surface area contributed by atoms with Crippen LogP contribution in [0.4, 0.5) is 5.69 Å². The molecule has 1 heterocycles. The molecule has 2 rings (SSSR count).